The van der Waals surface area contributed by atoms with Gasteiger partial charge >= 0.3 is 0 Å². The van der Waals surface area contributed by atoms with Gasteiger partial charge in [-0.3, -0.25) is 4.98 Å². The number of hydrogen-bond donors (Lipinski definition) is 1. The molecule has 0 unspecified atom stereocenters. The standard InChI is InChI=1S/C22H13Cl2FN4/c1-13-16(11-26)21(22-18(23)3-2-4-19(22)24)17(12-27)20(29-13)9-10-28-15-7-5-14(25)6-8-15/h2-10,28H,1H3/b10-9+. The third-order valence-corrected chi connectivity index (χ3v) is 4.81. The van der Waals surface area contributed by atoms with Crippen LogP contribution in [0.2, 0.25) is 10.0 Å². The van der Waals surface area contributed by atoms with E-state index in [9.17, 15) is 14.9 Å². The molecule has 0 aliphatic carbocycles. The molecule has 0 saturated heterocycles. The van der Waals surface area contributed by atoms with Gasteiger partial charge in [0.25, 0.3) is 0 Å². The van der Waals surface area contributed by atoms with Crippen molar-refractivity contribution in [2.24, 2.45) is 0 Å². The Hall–Kier alpha value is -3.38. The van der Waals surface area contributed by atoms with Gasteiger partial charge in [-0.25, -0.2) is 4.39 Å². The highest BCUT2D eigenvalue weighted by molar-refractivity contribution is 6.39. The normalized spacial score (nSPS) is 10.6. The van der Waals surface area contributed by atoms with E-state index in [1.165, 1.54) is 12.1 Å². The van der Waals surface area contributed by atoms with Crippen LogP contribution in [-0.2, 0) is 0 Å². The van der Waals surface area contributed by atoms with Crippen molar-refractivity contribution >= 4 is 35.0 Å². The van der Waals surface area contributed by atoms with E-state index in [0.717, 1.165) is 0 Å². The molecule has 7 heteroatoms. The molecule has 1 N–H and O–H groups in total. The summed E-state index contributed by atoms with van der Waals surface area (Å²) in [5.74, 6) is -0.336. The van der Waals surface area contributed by atoms with Crippen LogP contribution in [0.25, 0.3) is 17.2 Å². The molecule has 0 aliphatic heterocycles. The summed E-state index contributed by atoms with van der Waals surface area (Å²) < 4.78 is 13.0. The summed E-state index contributed by atoms with van der Waals surface area (Å²) in [5.41, 5.74) is 2.64. The van der Waals surface area contributed by atoms with Crippen LogP contribution in [0.4, 0.5) is 10.1 Å². The second-order valence-corrected chi connectivity index (χ2v) is 6.83. The Bertz CT molecular complexity index is 1170. The number of aromatic nitrogens is 1. The molecule has 0 atom stereocenters. The van der Waals surface area contributed by atoms with Gasteiger partial charge in [0, 0.05) is 33.1 Å². The summed E-state index contributed by atoms with van der Waals surface area (Å²) in [6, 6.07) is 15.0. The maximum atomic E-state index is 13.0. The van der Waals surface area contributed by atoms with Crippen LogP contribution in [0.5, 0.6) is 0 Å². The molecule has 3 rings (SSSR count). The number of halogens is 3. The van der Waals surface area contributed by atoms with E-state index in [1.54, 1.807) is 49.5 Å². The van der Waals surface area contributed by atoms with Gasteiger partial charge in [0.1, 0.15) is 18.0 Å². The fourth-order valence-electron chi connectivity index (χ4n) is 2.85. The molecule has 3 aromatic rings. The second-order valence-electron chi connectivity index (χ2n) is 6.01. The number of aryl methyl sites for hydroxylation is 1. The minimum absolute atomic E-state index is 0.180. The lowest BCUT2D eigenvalue weighted by atomic mass is 9.93. The average Bonchev–Trinajstić information content (AvgIpc) is 2.69. The van der Waals surface area contributed by atoms with Gasteiger partial charge in [-0.2, -0.15) is 10.5 Å². The van der Waals surface area contributed by atoms with Gasteiger partial charge < -0.3 is 5.32 Å². The van der Waals surface area contributed by atoms with Crippen molar-refractivity contribution < 1.29 is 4.39 Å². The van der Waals surface area contributed by atoms with Gasteiger partial charge in [-0.15, -0.1) is 0 Å². The van der Waals surface area contributed by atoms with Crippen LogP contribution in [0.1, 0.15) is 22.5 Å². The fourth-order valence-corrected chi connectivity index (χ4v) is 3.43. The van der Waals surface area contributed by atoms with Crippen molar-refractivity contribution in [2.75, 3.05) is 5.32 Å². The SMILES string of the molecule is Cc1nc(/C=C/Nc2ccc(F)cc2)c(C#N)c(-c2c(Cl)cccc2Cl)c1C#N. The third-order valence-electron chi connectivity index (χ3n) is 4.18. The zero-order chi connectivity index (χ0) is 21.0. The largest absolute Gasteiger partial charge is 0.362 e. The summed E-state index contributed by atoms with van der Waals surface area (Å²) in [5, 5.41) is 23.1. The van der Waals surface area contributed by atoms with E-state index < -0.39 is 0 Å². The summed E-state index contributed by atoms with van der Waals surface area (Å²) in [7, 11) is 0. The molecule has 1 heterocycles. The lowest BCUT2D eigenvalue weighted by Gasteiger charge is -2.14. The monoisotopic (exact) mass is 422 g/mol. The van der Waals surface area contributed by atoms with Crippen molar-refractivity contribution in [3.8, 4) is 23.3 Å². The number of nitrogens with one attached hydrogen (secondary N) is 1. The zero-order valence-electron chi connectivity index (χ0n) is 15.2. The van der Waals surface area contributed by atoms with Gasteiger partial charge in [-0.05, 0) is 49.4 Å². The van der Waals surface area contributed by atoms with E-state index in [2.05, 4.69) is 22.4 Å². The molecule has 0 aliphatic rings. The zero-order valence-corrected chi connectivity index (χ0v) is 16.7. The first-order valence-corrected chi connectivity index (χ1v) is 9.19. The van der Waals surface area contributed by atoms with Crippen LogP contribution >= 0.6 is 23.2 Å². The number of pyridine rings is 1. The minimum Gasteiger partial charge on any atom is -0.362 e. The highest BCUT2D eigenvalue weighted by Crippen LogP contribution is 2.40. The number of nitrogens with zero attached hydrogens (tertiary/aromatic N) is 3. The smallest absolute Gasteiger partial charge is 0.123 e. The molecular weight excluding hydrogens is 410 g/mol. The topological polar surface area (TPSA) is 72.5 Å². The molecule has 29 heavy (non-hydrogen) atoms. The van der Waals surface area contributed by atoms with E-state index in [1.807, 2.05) is 0 Å². The van der Waals surface area contributed by atoms with Gasteiger partial charge in [0.2, 0.25) is 0 Å². The van der Waals surface area contributed by atoms with Crippen LogP contribution in [-0.4, -0.2) is 4.98 Å². The van der Waals surface area contributed by atoms with Gasteiger partial charge in [0.15, 0.2) is 0 Å². The number of rotatable bonds is 4. The van der Waals surface area contributed by atoms with Crippen molar-refractivity contribution in [2.45, 2.75) is 6.92 Å². The summed E-state index contributed by atoms with van der Waals surface area (Å²) in [4.78, 5) is 4.39. The molecule has 0 spiro atoms. The molecule has 2 aromatic carbocycles. The summed E-state index contributed by atoms with van der Waals surface area (Å²) in [6.07, 6.45) is 3.18. The highest BCUT2D eigenvalue weighted by atomic mass is 35.5. The predicted octanol–water partition coefficient (Wildman–Crippen LogP) is 6.33. The molecule has 0 radical (unpaired) electrons. The summed E-state index contributed by atoms with van der Waals surface area (Å²) in [6.45, 7) is 1.68. The first kappa shape index (κ1) is 20.4. The Kier molecular flexibility index (Phi) is 6.14. The van der Waals surface area contributed by atoms with Crippen LogP contribution < -0.4 is 5.32 Å². The number of hydrogen-bond acceptors (Lipinski definition) is 4. The predicted molar refractivity (Wildman–Crippen MR) is 113 cm³/mol. The van der Waals surface area contributed by atoms with Crippen molar-refractivity contribution in [1.29, 1.82) is 10.5 Å². The maximum absolute atomic E-state index is 13.0. The highest BCUT2D eigenvalue weighted by Gasteiger charge is 2.22. The lowest BCUT2D eigenvalue weighted by molar-refractivity contribution is 0.628. The van der Waals surface area contributed by atoms with Gasteiger partial charge in [0.05, 0.1) is 22.5 Å². The van der Waals surface area contributed by atoms with Crippen molar-refractivity contribution in [1.82, 2.24) is 4.98 Å². The third kappa shape index (κ3) is 4.22. The number of benzene rings is 2. The lowest BCUT2D eigenvalue weighted by Crippen LogP contribution is -2.02. The molecule has 0 saturated carbocycles. The van der Waals surface area contributed by atoms with Gasteiger partial charge in [-0.1, -0.05) is 29.3 Å². The van der Waals surface area contributed by atoms with Crippen LogP contribution in [0, 0.1) is 35.4 Å². The first-order valence-electron chi connectivity index (χ1n) is 8.44. The van der Waals surface area contributed by atoms with Crippen molar-refractivity contribution in [3.05, 3.63) is 87.0 Å². The number of nitriles is 2. The Labute approximate surface area is 177 Å². The Morgan fingerprint density at radius 1 is 0.966 bits per heavy atom. The Morgan fingerprint density at radius 3 is 2.17 bits per heavy atom. The summed E-state index contributed by atoms with van der Waals surface area (Å²) >= 11 is 12.7. The minimum atomic E-state index is -0.336. The molecule has 0 bridgehead atoms. The quantitative estimate of drug-likeness (QED) is 0.532. The molecule has 4 nitrogen and oxygen atoms in total. The Balaban J connectivity index is 2.14. The maximum Gasteiger partial charge on any atom is 0.123 e. The molecule has 0 fully saturated rings. The molecule has 142 valence electrons. The number of anilines is 1. The molecule has 0 amide bonds. The van der Waals surface area contributed by atoms with Crippen LogP contribution in [0.15, 0.2) is 48.7 Å². The second kappa shape index (κ2) is 8.75. The van der Waals surface area contributed by atoms with Crippen molar-refractivity contribution in [3.63, 3.8) is 0 Å². The van der Waals surface area contributed by atoms with E-state index in [4.69, 9.17) is 23.2 Å². The van der Waals surface area contributed by atoms with E-state index in [-0.39, 0.29) is 16.9 Å². The van der Waals surface area contributed by atoms with Crippen LogP contribution in [0.3, 0.4) is 0 Å². The molecular formula is C22H13Cl2FN4. The molecule has 1 aromatic heterocycles. The van der Waals surface area contributed by atoms with E-state index >= 15 is 0 Å². The fraction of sp³-hybridized carbons (Fsp3) is 0.0455. The average molecular weight is 423 g/mol. The first-order chi connectivity index (χ1) is 14.0. The van der Waals surface area contributed by atoms with E-state index in [0.29, 0.717) is 38.2 Å². The Morgan fingerprint density at radius 2 is 1.59 bits per heavy atom.